The van der Waals surface area contributed by atoms with Gasteiger partial charge in [-0.2, -0.15) is 0 Å². The molecule has 1 unspecified atom stereocenters. The minimum absolute atomic E-state index is 0.0717. The molecule has 2 N–H and O–H groups in total. The van der Waals surface area contributed by atoms with Gasteiger partial charge < -0.3 is 10.4 Å². The Hall–Kier alpha value is -1.36. The van der Waals surface area contributed by atoms with Crippen molar-refractivity contribution in [1.29, 1.82) is 0 Å². The molecule has 120 valence electrons. The summed E-state index contributed by atoms with van der Waals surface area (Å²) in [6.45, 7) is 1.50. The molecule has 0 spiro atoms. The molecular weight excluding hydrogens is 378 g/mol. The predicted octanol–water partition coefficient (Wildman–Crippen LogP) is 3.98. The summed E-state index contributed by atoms with van der Waals surface area (Å²) in [5, 5.41) is 14.1. The summed E-state index contributed by atoms with van der Waals surface area (Å²) in [4.78, 5) is 12.4. The molecule has 0 bridgehead atoms. The Balaban J connectivity index is 1.65. The summed E-state index contributed by atoms with van der Waals surface area (Å²) >= 11 is 9.26. The van der Waals surface area contributed by atoms with Gasteiger partial charge in [-0.3, -0.25) is 4.79 Å². The first-order valence-electron chi connectivity index (χ1n) is 7.43. The summed E-state index contributed by atoms with van der Waals surface area (Å²) in [5.74, 6) is -0.0718. The second-order valence-corrected chi connectivity index (χ2v) is 7.40. The van der Waals surface area contributed by atoms with E-state index >= 15 is 0 Å². The van der Waals surface area contributed by atoms with Crippen LogP contribution >= 0.6 is 27.5 Å². The van der Waals surface area contributed by atoms with E-state index in [4.69, 9.17) is 11.6 Å². The van der Waals surface area contributed by atoms with Gasteiger partial charge in [-0.1, -0.05) is 51.8 Å². The molecule has 0 saturated heterocycles. The lowest BCUT2D eigenvalue weighted by Crippen LogP contribution is -2.43. The van der Waals surface area contributed by atoms with E-state index in [9.17, 15) is 9.90 Å². The third kappa shape index (κ3) is 3.60. The molecule has 2 aromatic rings. The number of aliphatic hydroxyl groups is 1. The van der Waals surface area contributed by atoms with Crippen LogP contribution in [0.3, 0.4) is 0 Å². The normalized spacial score (nSPS) is 22.3. The molecule has 3 atom stereocenters. The molecule has 1 aliphatic carbocycles. The van der Waals surface area contributed by atoms with Gasteiger partial charge >= 0.3 is 0 Å². The number of carbonyl (C=O) groups excluding carboxylic acids is 1. The zero-order valence-electron chi connectivity index (χ0n) is 12.6. The van der Waals surface area contributed by atoms with Crippen LogP contribution < -0.4 is 5.32 Å². The zero-order chi connectivity index (χ0) is 16.6. The number of hydrogen-bond donors (Lipinski definition) is 2. The fraction of sp³-hybridized carbons (Fsp3) is 0.278. The largest absolute Gasteiger partial charge is 0.376 e. The van der Waals surface area contributed by atoms with Crippen LogP contribution in [0.5, 0.6) is 0 Å². The summed E-state index contributed by atoms with van der Waals surface area (Å²) in [6, 6.07) is 14.8. The number of amides is 1. The van der Waals surface area contributed by atoms with Gasteiger partial charge in [0.2, 0.25) is 0 Å². The number of benzene rings is 2. The fourth-order valence-corrected chi connectivity index (χ4v) is 3.04. The molecule has 3 nitrogen and oxygen atoms in total. The molecule has 3 rings (SSSR count). The number of hydrogen-bond acceptors (Lipinski definition) is 2. The summed E-state index contributed by atoms with van der Waals surface area (Å²) in [5.41, 5.74) is 0.155. The molecule has 1 fully saturated rings. The van der Waals surface area contributed by atoms with E-state index in [2.05, 4.69) is 33.4 Å². The third-order valence-corrected chi connectivity index (χ3v) is 5.03. The smallest absolute Gasteiger partial charge is 0.256 e. The van der Waals surface area contributed by atoms with Crippen LogP contribution in [0.15, 0.2) is 53.0 Å². The molecule has 1 amide bonds. The van der Waals surface area contributed by atoms with Crippen molar-refractivity contribution in [2.45, 2.75) is 30.9 Å². The van der Waals surface area contributed by atoms with E-state index in [0.29, 0.717) is 16.5 Å². The highest BCUT2D eigenvalue weighted by molar-refractivity contribution is 9.10. The SMILES string of the molecule is CC(O)(C(=O)N[C@@H]1C[C@H]1c1ccc(Br)cc1)c1ccc(Cl)cc1. The Bertz CT molecular complexity index is 713. The van der Waals surface area contributed by atoms with Crippen molar-refractivity contribution in [2.24, 2.45) is 0 Å². The molecule has 5 heteroatoms. The van der Waals surface area contributed by atoms with Crippen LogP contribution in [0, 0.1) is 0 Å². The van der Waals surface area contributed by atoms with Crippen molar-refractivity contribution in [3.63, 3.8) is 0 Å². The molecule has 0 radical (unpaired) electrons. The van der Waals surface area contributed by atoms with Crippen LogP contribution in [0.1, 0.15) is 30.4 Å². The Labute approximate surface area is 148 Å². The Morgan fingerprint density at radius 3 is 2.43 bits per heavy atom. The topological polar surface area (TPSA) is 49.3 Å². The fourth-order valence-electron chi connectivity index (χ4n) is 2.65. The van der Waals surface area contributed by atoms with Crippen LogP contribution in [-0.4, -0.2) is 17.1 Å². The maximum atomic E-state index is 12.4. The first-order chi connectivity index (χ1) is 10.9. The predicted molar refractivity (Wildman–Crippen MR) is 94.5 cm³/mol. The molecule has 0 aromatic heterocycles. The van der Waals surface area contributed by atoms with Gasteiger partial charge in [0.25, 0.3) is 5.91 Å². The van der Waals surface area contributed by atoms with Crippen LogP contribution in [-0.2, 0) is 10.4 Å². The molecule has 23 heavy (non-hydrogen) atoms. The quantitative estimate of drug-likeness (QED) is 0.824. The van der Waals surface area contributed by atoms with Gasteiger partial charge in [-0.25, -0.2) is 0 Å². The summed E-state index contributed by atoms with van der Waals surface area (Å²) in [6.07, 6.45) is 0.893. The standard InChI is InChI=1S/C18H17BrClNO2/c1-18(23,12-4-8-14(20)9-5-12)17(22)21-16-10-15(16)11-2-6-13(19)7-3-11/h2-9,15-16,23H,10H2,1H3,(H,21,22)/t15-,16+,18?/m0/s1. The van der Waals surface area contributed by atoms with Crippen LogP contribution in [0.25, 0.3) is 0 Å². The van der Waals surface area contributed by atoms with Gasteiger partial charge in [0.05, 0.1) is 0 Å². The van der Waals surface area contributed by atoms with E-state index in [1.807, 2.05) is 12.1 Å². The van der Waals surface area contributed by atoms with Crippen molar-refractivity contribution < 1.29 is 9.90 Å². The minimum Gasteiger partial charge on any atom is -0.376 e. The van der Waals surface area contributed by atoms with Crippen LogP contribution in [0.4, 0.5) is 0 Å². The second-order valence-electron chi connectivity index (χ2n) is 6.05. The van der Waals surface area contributed by atoms with Gasteiger partial charge in [-0.05, 0) is 48.7 Å². The van der Waals surface area contributed by atoms with Crippen molar-refractivity contribution in [3.05, 3.63) is 69.2 Å². The highest BCUT2D eigenvalue weighted by Gasteiger charge is 2.43. The van der Waals surface area contributed by atoms with Gasteiger partial charge in [0.15, 0.2) is 5.60 Å². The van der Waals surface area contributed by atoms with E-state index in [1.54, 1.807) is 24.3 Å². The van der Waals surface area contributed by atoms with Crippen molar-refractivity contribution in [3.8, 4) is 0 Å². The van der Waals surface area contributed by atoms with Gasteiger partial charge in [0, 0.05) is 21.5 Å². The Kier molecular flexibility index (Phi) is 4.50. The first kappa shape index (κ1) is 16.5. The molecule has 0 aliphatic heterocycles. The third-order valence-electron chi connectivity index (χ3n) is 4.25. The second kappa shape index (κ2) is 6.27. The van der Waals surface area contributed by atoms with E-state index in [1.165, 1.54) is 12.5 Å². The molecule has 2 aromatic carbocycles. The molecule has 1 aliphatic rings. The Morgan fingerprint density at radius 1 is 1.22 bits per heavy atom. The Morgan fingerprint density at radius 2 is 1.83 bits per heavy atom. The maximum absolute atomic E-state index is 12.4. The molecule has 1 saturated carbocycles. The van der Waals surface area contributed by atoms with E-state index in [0.717, 1.165) is 10.9 Å². The zero-order valence-corrected chi connectivity index (χ0v) is 14.9. The lowest BCUT2D eigenvalue weighted by molar-refractivity contribution is -0.139. The first-order valence-corrected chi connectivity index (χ1v) is 8.60. The van der Waals surface area contributed by atoms with E-state index in [-0.39, 0.29) is 11.9 Å². The lowest BCUT2D eigenvalue weighted by atomic mass is 9.95. The number of carbonyl (C=O) groups is 1. The maximum Gasteiger partial charge on any atom is 0.256 e. The summed E-state index contributed by atoms with van der Waals surface area (Å²) < 4.78 is 1.04. The highest BCUT2D eigenvalue weighted by Crippen LogP contribution is 2.41. The molecule has 0 heterocycles. The van der Waals surface area contributed by atoms with Crippen molar-refractivity contribution >= 4 is 33.4 Å². The highest BCUT2D eigenvalue weighted by atomic mass is 79.9. The van der Waals surface area contributed by atoms with Gasteiger partial charge in [-0.15, -0.1) is 0 Å². The number of nitrogens with one attached hydrogen (secondary N) is 1. The number of halogens is 2. The van der Waals surface area contributed by atoms with Crippen molar-refractivity contribution in [1.82, 2.24) is 5.32 Å². The monoisotopic (exact) mass is 393 g/mol. The summed E-state index contributed by atoms with van der Waals surface area (Å²) in [7, 11) is 0. The van der Waals surface area contributed by atoms with Crippen LogP contribution in [0.2, 0.25) is 5.02 Å². The lowest BCUT2D eigenvalue weighted by Gasteiger charge is -2.23. The van der Waals surface area contributed by atoms with E-state index < -0.39 is 5.60 Å². The van der Waals surface area contributed by atoms with Gasteiger partial charge in [0.1, 0.15) is 0 Å². The average Bonchev–Trinajstić information content (AvgIpc) is 3.27. The number of rotatable bonds is 4. The minimum atomic E-state index is -1.57. The molecular formula is C18H17BrClNO2. The average molecular weight is 395 g/mol. The van der Waals surface area contributed by atoms with Crippen molar-refractivity contribution in [2.75, 3.05) is 0 Å².